The van der Waals surface area contributed by atoms with E-state index in [1.807, 2.05) is 0 Å². The largest absolute Gasteiger partial charge is 0.457 e. The second-order valence-corrected chi connectivity index (χ2v) is 5.62. The lowest BCUT2D eigenvalue weighted by Crippen LogP contribution is -2.44. The van der Waals surface area contributed by atoms with Crippen LogP contribution in [-0.2, 0) is 5.67 Å². The summed E-state index contributed by atoms with van der Waals surface area (Å²) >= 11 is 0. The van der Waals surface area contributed by atoms with Crippen molar-refractivity contribution in [2.24, 2.45) is 0 Å². The normalized spacial score (nSPS) is 14.4. The van der Waals surface area contributed by atoms with Gasteiger partial charge in [-0.05, 0) is 61.4 Å². The van der Waals surface area contributed by atoms with Gasteiger partial charge in [0.05, 0.1) is 0 Å². The third-order valence-electron chi connectivity index (χ3n) is 3.69. The molecule has 2 nitrogen and oxygen atoms in total. The Morgan fingerprint density at radius 2 is 1.40 bits per heavy atom. The maximum Gasteiger partial charge on any atom is 0.432 e. The number of hydrogen-bond acceptors (Lipinski definition) is 2. The maximum atomic E-state index is 14.2. The van der Waals surface area contributed by atoms with Crippen LogP contribution < -0.4 is 10.5 Å². The first-order valence-electron chi connectivity index (χ1n) is 7.15. The summed E-state index contributed by atoms with van der Waals surface area (Å²) in [4.78, 5) is 0. The summed E-state index contributed by atoms with van der Waals surface area (Å²) < 4.78 is 84.2. The average molecular weight is 363 g/mol. The molecular weight excluding hydrogens is 348 g/mol. The molecule has 2 rings (SSSR count). The van der Waals surface area contributed by atoms with Crippen LogP contribution in [0.3, 0.4) is 0 Å². The molecule has 1 atom stereocenters. The van der Waals surface area contributed by atoms with Gasteiger partial charge in [0, 0.05) is 11.3 Å². The summed E-state index contributed by atoms with van der Waals surface area (Å²) in [5.41, 5.74) is 0.315. The molecule has 0 aromatic heterocycles. The average Bonchev–Trinajstić information content (AvgIpc) is 2.50. The van der Waals surface area contributed by atoms with Crippen molar-refractivity contribution < 1.29 is 31.1 Å². The molecule has 0 bridgehead atoms. The Morgan fingerprint density at radius 3 is 1.80 bits per heavy atom. The molecule has 0 saturated carbocycles. The third kappa shape index (κ3) is 3.52. The molecule has 0 amide bonds. The number of ether oxygens (including phenoxy) is 1. The number of rotatable bonds is 4. The lowest BCUT2D eigenvalue weighted by Gasteiger charge is -2.28. The van der Waals surface area contributed by atoms with E-state index in [0.29, 0.717) is 11.4 Å². The molecule has 0 fully saturated rings. The van der Waals surface area contributed by atoms with Gasteiger partial charge in [-0.1, -0.05) is 0 Å². The fourth-order valence-electron chi connectivity index (χ4n) is 2.39. The molecule has 0 radical (unpaired) electrons. The highest BCUT2D eigenvalue weighted by molar-refractivity contribution is 5.49. The molecular formula is C17H15F6NO. The van der Waals surface area contributed by atoms with Gasteiger partial charge < -0.3 is 10.5 Å². The Kier molecular flexibility index (Phi) is 4.92. The lowest BCUT2D eigenvalue weighted by atomic mass is 9.92. The van der Waals surface area contributed by atoms with E-state index in [1.165, 1.54) is 26.0 Å². The fraction of sp³-hybridized carbons (Fsp3) is 0.294. The van der Waals surface area contributed by atoms with Crippen LogP contribution in [0.15, 0.2) is 36.4 Å². The van der Waals surface area contributed by atoms with Crippen LogP contribution in [0.5, 0.6) is 11.5 Å². The molecule has 0 heterocycles. The minimum absolute atomic E-state index is 0.0961. The van der Waals surface area contributed by atoms with Gasteiger partial charge in [0.25, 0.3) is 12.1 Å². The van der Waals surface area contributed by atoms with E-state index in [1.54, 1.807) is 12.1 Å². The van der Waals surface area contributed by atoms with Gasteiger partial charge in [0.15, 0.2) is 0 Å². The first-order valence-corrected chi connectivity index (χ1v) is 7.15. The Bertz CT molecular complexity index is 734. The van der Waals surface area contributed by atoms with E-state index >= 15 is 0 Å². The first kappa shape index (κ1) is 19.0. The number of nitrogen functional groups attached to an aromatic ring is 1. The molecule has 0 aliphatic carbocycles. The molecule has 8 heteroatoms. The van der Waals surface area contributed by atoms with Gasteiger partial charge in [-0.3, -0.25) is 0 Å². The minimum atomic E-state index is -5.75. The molecule has 1 unspecified atom stereocenters. The zero-order valence-electron chi connectivity index (χ0n) is 13.3. The number of nitrogens with two attached hydrogens (primary N) is 1. The Hall–Kier alpha value is -2.38. The summed E-state index contributed by atoms with van der Waals surface area (Å²) in [5, 5.41) is 0. The standard InChI is InChI=1S/C17H15F6NO/c1-9-7-11(16(20,15(18)19)17(21,22)23)8-10(2)14(9)25-13-5-3-12(24)4-6-13/h3-8,15H,24H2,1-2H3. The van der Waals surface area contributed by atoms with E-state index in [2.05, 4.69) is 0 Å². The van der Waals surface area contributed by atoms with E-state index in [0.717, 1.165) is 12.1 Å². The van der Waals surface area contributed by atoms with E-state index in [-0.39, 0.29) is 16.9 Å². The Balaban J connectivity index is 2.47. The van der Waals surface area contributed by atoms with Crippen LogP contribution in [0.1, 0.15) is 16.7 Å². The zero-order chi connectivity index (χ0) is 19.0. The van der Waals surface area contributed by atoms with Crippen molar-refractivity contribution in [2.75, 3.05) is 5.73 Å². The van der Waals surface area contributed by atoms with Gasteiger partial charge in [-0.2, -0.15) is 13.2 Å². The highest BCUT2D eigenvalue weighted by Gasteiger charge is 2.64. The summed E-state index contributed by atoms with van der Waals surface area (Å²) in [6.45, 7) is 2.71. The highest BCUT2D eigenvalue weighted by atomic mass is 19.4. The van der Waals surface area contributed by atoms with Crippen molar-refractivity contribution in [1.29, 1.82) is 0 Å². The van der Waals surface area contributed by atoms with Gasteiger partial charge in [0.2, 0.25) is 0 Å². The van der Waals surface area contributed by atoms with Crippen LogP contribution in [0.4, 0.5) is 32.0 Å². The van der Waals surface area contributed by atoms with Gasteiger partial charge in [-0.25, -0.2) is 13.2 Å². The second kappa shape index (κ2) is 6.50. The highest BCUT2D eigenvalue weighted by Crippen LogP contribution is 2.48. The third-order valence-corrected chi connectivity index (χ3v) is 3.69. The minimum Gasteiger partial charge on any atom is -0.457 e. The lowest BCUT2D eigenvalue weighted by molar-refractivity contribution is -0.274. The van der Waals surface area contributed by atoms with Crippen LogP contribution >= 0.6 is 0 Å². The van der Waals surface area contributed by atoms with E-state index in [4.69, 9.17) is 10.5 Å². The summed E-state index contributed by atoms with van der Waals surface area (Å²) in [7, 11) is 0. The fourth-order valence-corrected chi connectivity index (χ4v) is 2.39. The summed E-state index contributed by atoms with van der Waals surface area (Å²) in [5.74, 6) is 0.511. The van der Waals surface area contributed by atoms with Gasteiger partial charge >= 0.3 is 6.18 Å². The monoisotopic (exact) mass is 363 g/mol. The van der Waals surface area contributed by atoms with Crippen molar-refractivity contribution in [1.82, 2.24) is 0 Å². The quantitative estimate of drug-likeness (QED) is 0.561. The number of alkyl halides is 6. The second-order valence-electron chi connectivity index (χ2n) is 5.62. The van der Waals surface area contributed by atoms with Crippen molar-refractivity contribution in [3.63, 3.8) is 0 Å². The van der Waals surface area contributed by atoms with Crippen LogP contribution in [0.25, 0.3) is 0 Å². The number of halogens is 6. The van der Waals surface area contributed by atoms with E-state index in [9.17, 15) is 26.3 Å². The summed E-state index contributed by atoms with van der Waals surface area (Å²) in [6.07, 6.45) is -10.0. The molecule has 2 N–H and O–H groups in total. The van der Waals surface area contributed by atoms with Crippen LogP contribution in [-0.4, -0.2) is 12.6 Å². The van der Waals surface area contributed by atoms with Crippen molar-refractivity contribution >= 4 is 5.69 Å². The van der Waals surface area contributed by atoms with Gasteiger partial charge in [0.1, 0.15) is 11.5 Å². The molecule has 0 aliphatic heterocycles. The first-order chi connectivity index (χ1) is 11.5. The molecule has 0 saturated heterocycles. The zero-order valence-corrected chi connectivity index (χ0v) is 13.3. The number of anilines is 1. The van der Waals surface area contributed by atoms with Crippen molar-refractivity contribution in [3.8, 4) is 11.5 Å². The van der Waals surface area contributed by atoms with Crippen molar-refractivity contribution in [2.45, 2.75) is 32.1 Å². The van der Waals surface area contributed by atoms with E-state index < -0.39 is 23.8 Å². The van der Waals surface area contributed by atoms with Crippen molar-refractivity contribution in [3.05, 3.63) is 53.1 Å². The molecule has 2 aromatic rings. The molecule has 136 valence electrons. The maximum absolute atomic E-state index is 14.2. The number of hydrogen-bond donors (Lipinski definition) is 1. The predicted octanol–water partition coefficient (Wildman–Crippen LogP) is 5.67. The number of aryl methyl sites for hydroxylation is 2. The predicted molar refractivity (Wildman–Crippen MR) is 81.7 cm³/mol. The SMILES string of the molecule is Cc1cc(C(F)(C(F)F)C(F)(F)F)cc(C)c1Oc1ccc(N)cc1. The van der Waals surface area contributed by atoms with Crippen LogP contribution in [0, 0.1) is 13.8 Å². The number of benzene rings is 2. The molecule has 25 heavy (non-hydrogen) atoms. The molecule has 2 aromatic carbocycles. The smallest absolute Gasteiger partial charge is 0.432 e. The topological polar surface area (TPSA) is 35.2 Å². The summed E-state index contributed by atoms with van der Waals surface area (Å²) in [6, 6.07) is 7.63. The van der Waals surface area contributed by atoms with Crippen LogP contribution in [0.2, 0.25) is 0 Å². The Labute approximate surface area is 140 Å². The molecule has 0 spiro atoms. The Morgan fingerprint density at radius 1 is 0.920 bits per heavy atom. The molecule has 0 aliphatic rings. The van der Waals surface area contributed by atoms with Gasteiger partial charge in [-0.15, -0.1) is 0 Å².